The summed E-state index contributed by atoms with van der Waals surface area (Å²) < 4.78 is 32.3. The maximum atomic E-state index is 13.2. The fourth-order valence-electron chi connectivity index (χ4n) is 3.19. The van der Waals surface area contributed by atoms with Gasteiger partial charge in [0.1, 0.15) is 18.4 Å². The molecule has 0 spiro atoms. The molecular weight excluding hydrogens is 458 g/mol. The lowest BCUT2D eigenvalue weighted by Crippen LogP contribution is -2.61. The van der Waals surface area contributed by atoms with Gasteiger partial charge < -0.3 is 15.2 Å². The van der Waals surface area contributed by atoms with Gasteiger partial charge >= 0.3 is 6.09 Å². The fourth-order valence-corrected chi connectivity index (χ4v) is 6.30. The van der Waals surface area contributed by atoms with E-state index < -0.39 is 32.8 Å². The first kappa shape index (κ1) is 25.8. The number of ether oxygens (including phenoxy) is 1. The molecule has 1 aromatic rings. The SMILES string of the molecule is CC1(C)SCCN(S(=O)(=O)c2ccc(OCC#CCCCNC(=O)O)cc2)[C@H]1C(=O)NO. The molecule has 0 bridgehead atoms. The van der Waals surface area contributed by atoms with Crippen molar-refractivity contribution in [3.63, 3.8) is 0 Å². The molecule has 1 aromatic carbocycles. The van der Waals surface area contributed by atoms with Crippen LogP contribution in [0.5, 0.6) is 5.75 Å². The summed E-state index contributed by atoms with van der Waals surface area (Å²) in [5.74, 6) is 5.86. The van der Waals surface area contributed by atoms with Gasteiger partial charge in [-0.15, -0.1) is 0 Å². The van der Waals surface area contributed by atoms with E-state index in [1.165, 1.54) is 36.0 Å². The van der Waals surface area contributed by atoms with Crippen molar-refractivity contribution >= 4 is 33.8 Å². The molecule has 10 nitrogen and oxygen atoms in total. The third kappa shape index (κ3) is 6.77. The summed E-state index contributed by atoms with van der Waals surface area (Å²) in [6, 6.07) is 4.76. The highest BCUT2D eigenvalue weighted by Crippen LogP contribution is 2.38. The number of carboxylic acid groups (broad SMARTS) is 1. The fraction of sp³-hybridized carbons (Fsp3) is 0.500. The van der Waals surface area contributed by atoms with Crippen molar-refractivity contribution in [3.8, 4) is 17.6 Å². The molecule has 1 aliphatic heterocycles. The summed E-state index contributed by atoms with van der Waals surface area (Å²) in [4.78, 5) is 22.6. The summed E-state index contributed by atoms with van der Waals surface area (Å²) in [7, 11) is -3.98. The lowest BCUT2D eigenvalue weighted by Gasteiger charge is -2.43. The van der Waals surface area contributed by atoms with Crippen LogP contribution in [0.15, 0.2) is 29.2 Å². The molecule has 4 N–H and O–H groups in total. The van der Waals surface area contributed by atoms with Gasteiger partial charge in [-0.2, -0.15) is 16.1 Å². The summed E-state index contributed by atoms with van der Waals surface area (Å²) in [5.41, 5.74) is 1.58. The van der Waals surface area contributed by atoms with Crippen LogP contribution in [0.3, 0.4) is 0 Å². The van der Waals surface area contributed by atoms with E-state index in [4.69, 9.17) is 15.1 Å². The molecule has 0 unspecified atom stereocenters. The lowest BCUT2D eigenvalue weighted by atomic mass is 10.0. The molecule has 12 heteroatoms. The standard InChI is InChI=1S/C20H27N3O7S2/c1-20(2)17(18(24)22-27)23(12-14-31-20)32(28,29)16-9-7-15(8-10-16)30-13-6-4-3-5-11-21-19(25)26/h7-10,17,21,27H,3,5,11-14H2,1-2H3,(H,22,24)(H,25,26)/t17-/m0/s1. The summed E-state index contributed by atoms with van der Waals surface area (Å²) in [6.07, 6.45) is 0.0442. The molecule has 1 aliphatic rings. The number of rotatable bonds is 8. The van der Waals surface area contributed by atoms with Gasteiger partial charge in [0.2, 0.25) is 10.0 Å². The van der Waals surface area contributed by atoms with E-state index in [1.807, 2.05) is 0 Å². The van der Waals surface area contributed by atoms with Crippen LogP contribution in [-0.2, 0) is 14.8 Å². The van der Waals surface area contributed by atoms with Crippen LogP contribution in [0.4, 0.5) is 4.79 Å². The third-order valence-electron chi connectivity index (χ3n) is 4.71. The van der Waals surface area contributed by atoms with Crippen molar-refractivity contribution < 1.29 is 33.1 Å². The molecule has 1 heterocycles. The zero-order valence-electron chi connectivity index (χ0n) is 17.8. The molecular formula is C20H27N3O7S2. The Morgan fingerprint density at radius 1 is 1.28 bits per heavy atom. The highest BCUT2D eigenvalue weighted by molar-refractivity contribution is 8.00. The molecule has 176 valence electrons. The number of nitrogens with zero attached hydrogens (tertiary/aromatic N) is 1. The Labute approximate surface area is 191 Å². The van der Waals surface area contributed by atoms with E-state index >= 15 is 0 Å². The number of thioether (sulfide) groups is 1. The first-order chi connectivity index (χ1) is 15.1. The number of hydroxylamine groups is 1. The predicted molar refractivity (Wildman–Crippen MR) is 119 cm³/mol. The predicted octanol–water partition coefficient (Wildman–Crippen LogP) is 1.51. The van der Waals surface area contributed by atoms with Crippen molar-refractivity contribution in [1.82, 2.24) is 15.1 Å². The Bertz CT molecular complexity index is 969. The van der Waals surface area contributed by atoms with Crippen molar-refractivity contribution in [2.75, 3.05) is 25.4 Å². The van der Waals surface area contributed by atoms with Gasteiger partial charge in [-0.3, -0.25) is 10.0 Å². The van der Waals surface area contributed by atoms with Crippen LogP contribution in [0.1, 0.15) is 26.7 Å². The van der Waals surface area contributed by atoms with E-state index in [0.29, 0.717) is 30.9 Å². The Morgan fingerprint density at radius 2 is 1.97 bits per heavy atom. The third-order valence-corrected chi connectivity index (χ3v) is 7.94. The largest absolute Gasteiger partial charge is 0.481 e. The minimum Gasteiger partial charge on any atom is -0.481 e. The van der Waals surface area contributed by atoms with E-state index in [2.05, 4.69) is 17.2 Å². The Morgan fingerprint density at radius 3 is 2.59 bits per heavy atom. The van der Waals surface area contributed by atoms with E-state index in [-0.39, 0.29) is 18.0 Å². The quantitative estimate of drug-likeness (QED) is 0.188. The Hall–Kier alpha value is -2.46. The van der Waals surface area contributed by atoms with Crippen molar-refractivity contribution in [3.05, 3.63) is 24.3 Å². The van der Waals surface area contributed by atoms with Gasteiger partial charge in [0, 0.05) is 30.0 Å². The molecule has 0 aliphatic carbocycles. The second-order valence-electron chi connectivity index (χ2n) is 7.40. The Kier molecular flexibility index (Phi) is 9.21. The van der Waals surface area contributed by atoms with Crippen LogP contribution >= 0.6 is 11.8 Å². The molecule has 0 radical (unpaired) electrons. The average molecular weight is 486 g/mol. The van der Waals surface area contributed by atoms with Crippen molar-refractivity contribution in [2.24, 2.45) is 0 Å². The minimum absolute atomic E-state index is 0.0142. The van der Waals surface area contributed by atoms with Gasteiger partial charge in [0.25, 0.3) is 5.91 Å². The molecule has 2 amide bonds. The van der Waals surface area contributed by atoms with Crippen LogP contribution in [-0.4, -0.2) is 71.3 Å². The second-order valence-corrected chi connectivity index (χ2v) is 11.0. The molecule has 1 saturated heterocycles. The molecule has 0 saturated carbocycles. The highest BCUT2D eigenvalue weighted by atomic mass is 32.2. The molecule has 1 fully saturated rings. The number of carbonyl (C=O) groups excluding carboxylic acids is 1. The monoisotopic (exact) mass is 485 g/mol. The molecule has 2 rings (SSSR count). The summed E-state index contributed by atoms with van der Waals surface area (Å²) in [5, 5.41) is 19.8. The van der Waals surface area contributed by atoms with E-state index in [1.54, 1.807) is 19.3 Å². The number of hydrogen-bond donors (Lipinski definition) is 4. The minimum atomic E-state index is -3.98. The first-order valence-electron chi connectivity index (χ1n) is 9.84. The molecule has 0 aromatic heterocycles. The number of hydrogen-bond acceptors (Lipinski definition) is 7. The van der Waals surface area contributed by atoms with Crippen molar-refractivity contribution in [2.45, 2.75) is 42.4 Å². The van der Waals surface area contributed by atoms with Gasteiger partial charge in [-0.1, -0.05) is 11.8 Å². The van der Waals surface area contributed by atoms with Crippen LogP contribution in [0, 0.1) is 11.8 Å². The number of sulfonamides is 1. The molecule has 32 heavy (non-hydrogen) atoms. The maximum absolute atomic E-state index is 13.2. The Balaban J connectivity index is 2.00. The van der Waals surface area contributed by atoms with E-state index in [9.17, 15) is 18.0 Å². The lowest BCUT2D eigenvalue weighted by molar-refractivity contribution is -0.134. The van der Waals surface area contributed by atoms with Gasteiger partial charge in [0.15, 0.2) is 0 Å². The van der Waals surface area contributed by atoms with Crippen molar-refractivity contribution in [1.29, 1.82) is 0 Å². The topological polar surface area (TPSA) is 145 Å². The number of carbonyl (C=O) groups is 2. The number of benzene rings is 1. The van der Waals surface area contributed by atoms with Crippen LogP contribution < -0.4 is 15.5 Å². The smallest absolute Gasteiger partial charge is 0.404 e. The van der Waals surface area contributed by atoms with Crippen LogP contribution in [0.25, 0.3) is 0 Å². The highest BCUT2D eigenvalue weighted by Gasteiger charge is 2.48. The zero-order chi connectivity index (χ0) is 23.8. The summed E-state index contributed by atoms with van der Waals surface area (Å²) >= 11 is 1.47. The normalized spacial score (nSPS) is 18.2. The number of amides is 2. The number of unbranched alkanes of at least 4 members (excludes halogenated alkanes) is 1. The van der Waals surface area contributed by atoms with Gasteiger partial charge in [-0.25, -0.2) is 18.7 Å². The van der Waals surface area contributed by atoms with Gasteiger partial charge in [-0.05, 0) is 44.5 Å². The van der Waals surface area contributed by atoms with E-state index in [0.717, 1.165) is 4.31 Å². The second kappa shape index (κ2) is 11.4. The zero-order valence-corrected chi connectivity index (χ0v) is 19.5. The number of nitrogens with one attached hydrogen (secondary N) is 2. The van der Waals surface area contributed by atoms with Gasteiger partial charge in [0.05, 0.1) is 4.90 Å². The van der Waals surface area contributed by atoms with Crippen LogP contribution in [0.2, 0.25) is 0 Å². The maximum Gasteiger partial charge on any atom is 0.404 e. The molecule has 1 atom stereocenters. The average Bonchev–Trinajstić information content (AvgIpc) is 2.74. The summed E-state index contributed by atoms with van der Waals surface area (Å²) in [6.45, 7) is 4.10. The first-order valence-corrected chi connectivity index (χ1v) is 12.3.